The highest BCUT2D eigenvalue weighted by atomic mass is 32.1. The van der Waals surface area contributed by atoms with Gasteiger partial charge in [0.2, 0.25) is 0 Å². The number of ether oxygens (including phenoxy) is 1. The van der Waals surface area contributed by atoms with Gasteiger partial charge in [-0.2, -0.15) is 0 Å². The second-order valence-corrected chi connectivity index (χ2v) is 6.60. The van der Waals surface area contributed by atoms with Gasteiger partial charge in [0.15, 0.2) is 16.6 Å². The van der Waals surface area contributed by atoms with Gasteiger partial charge in [0.25, 0.3) is 5.91 Å². The van der Waals surface area contributed by atoms with Crippen molar-refractivity contribution in [1.82, 2.24) is 10.6 Å². The van der Waals surface area contributed by atoms with Crippen molar-refractivity contribution in [2.24, 2.45) is 0 Å². The molecule has 0 aliphatic carbocycles. The highest BCUT2D eigenvalue weighted by molar-refractivity contribution is 7.80. The number of hydrogen-bond donors (Lipinski definition) is 4. The van der Waals surface area contributed by atoms with Crippen molar-refractivity contribution in [3.63, 3.8) is 0 Å². The van der Waals surface area contributed by atoms with Gasteiger partial charge < -0.3 is 25.8 Å². The molecule has 28 heavy (non-hydrogen) atoms. The lowest BCUT2D eigenvalue weighted by molar-refractivity contribution is -0.113. The van der Waals surface area contributed by atoms with Gasteiger partial charge in [-0.1, -0.05) is 6.07 Å². The molecule has 8 heteroatoms. The average Bonchev–Trinajstić information content (AvgIpc) is 2.65. The minimum Gasteiger partial charge on any atom is -0.504 e. The SMILES string of the molecule is CCOc1cc([C@@H]2NC(=S)NC(C)=C2C(=O)Nc2ccc(F)cc2)ccc1O. The first-order valence-corrected chi connectivity index (χ1v) is 9.10. The van der Waals surface area contributed by atoms with Crippen LogP contribution in [0.2, 0.25) is 0 Å². The number of phenolic OH excluding ortho intramolecular Hbond substituents is 1. The van der Waals surface area contributed by atoms with Gasteiger partial charge in [-0.25, -0.2) is 4.39 Å². The highest BCUT2D eigenvalue weighted by Gasteiger charge is 2.30. The van der Waals surface area contributed by atoms with Crippen molar-refractivity contribution in [3.05, 3.63) is 65.1 Å². The van der Waals surface area contributed by atoms with E-state index in [1.165, 1.54) is 30.3 Å². The smallest absolute Gasteiger partial charge is 0.255 e. The third-order valence-electron chi connectivity index (χ3n) is 4.23. The number of allylic oxidation sites excluding steroid dienone is 1. The van der Waals surface area contributed by atoms with Crippen molar-refractivity contribution in [2.75, 3.05) is 11.9 Å². The van der Waals surface area contributed by atoms with E-state index in [2.05, 4.69) is 16.0 Å². The predicted octanol–water partition coefficient (Wildman–Crippen LogP) is 3.36. The van der Waals surface area contributed by atoms with Crippen LogP contribution in [0.3, 0.4) is 0 Å². The van der Waals surface area contributed by atoms with Gasteiger partial charge in [-0.15, -0.1) is 0 Å². The lowest BCUT2D eigenvalue weighted by Gasteiger charge is -2.30. The summed E-state index contributed by atoms with van der Waals surface area (Å²) >= 11 is 5.24. The van der Waals surface area contributed by atoms with Crippen LogP contribution in [0.5, 0.6) is 11.5 Å². The summed E-state index contributed by atoms with van der Waals surface area (Å²) in [6.07, 6.45) is 0. The summed E-state index contributed by atoms with van der Waals surface area (Å²) in [7, 11) is 0. The van der Waals surface area contributed by atoms with Crippen molar-refractivity contribution in [2.45, 2.75) is 19.9 Å². The van der Waals surface area contributed by atoms with E-state index in [9.17, 15) is 14.3 Å². The van der Waals surface area contributed by atoms with Crippen LogP contribution in [0.1, 0.15) is 25.5 Å². The van der Waals surface area contributed by atoms with Crippen LogP contribution in [0.15, 0.2) is 53.7 Å². The van der Waals surface area contributed by atoms with Crippen LogP contribution in [-0.4, -0.2) is 22.7 Å². The molecule has 0 saturated heterocycles. The van der Waals surface area contributed by atoms with Crippen LogP contribution in [0.25, 0.3) is 0 Å². The first-order valence-electron chi connectivity index (χ1n) is 8.70. The molecule has 146 valence electrons. The monoisotopic (exact) mass is 401 g/mol. The number of amides is 1. The highest BCUT2D eigenvalue weighted by Crippen LogP contribution is 2.34. The van der Waals surface area contributed by atoms with Crippen LogP contribution in [0, 0.1) is 5.82 Å². The Morgan fingerprint density at radius 1 is 1.29 bits per heavy atom. The van der Waals surface area contributed by atoms with E-state index in [0.29, 0.717) is 40.0 Å². The summed E-state index contributed by atoms with van der Waals surface area (Å²) in [6.45, 7) is 3.96. The van der Waals surface area contributed by atoms with Crippen LogP contribution < -0.4 is 20.7 Å². The third-order valence-corrected chi connectivity index (χ3v) is 4.45. The molecule has 0 unspecified atom stereocenters. The molecule has 0 spiro atoms. The second-order valence-electron chi connectivity index (χ2n) is 6.19. The molecule has 1 aliphatic rings. The maximum absolute atomic E-state index is 13.1. The summed E-state index contributed by atoms with van der Waals surface area (Å²) in [6, 6.07) is 9.85. The number of aromatic hydroxyl groups is 1. The normalized spacial score (nSPS) is 16.2. The fraction of sp³-hybridized carbons (Fsp3) is 0.200. The molecule has 1 heterocycles. The Bertz CT molecular complexity index is 944. The van der Waals surface area contributed by atoms with Crippen LogP contribution >= 0.6 is 12.2 Å². The van der Waals surface area contributed by atoms with Crippen LogP contribution in [0.4, 0.5) is 10.1 Å². The Morgan fingerprint density at radius 3 is 2.68 bits per heavy atom. The molecule has 2 aromatic carbocycles. The first kappa shape index (κ1) is 19.6. The Hall–Kier alpha value is -3.13. The number of anilines is 1. The Balaban J connectivity index is 1.95. The number of phenols is 1. The molecule has 0 radical (unpaired) electrons. The zero-order chi connectivity index (χ0) is 20.3. The van der Waals surface area contributed by atoms with E-state index >= 15 is 0 Å². The fourth-order valence-electron chi connectivity index (χ4n) is 2.96. The standard InChI is InChI=1S/C20H20FN3O3S/c1-3-27-16-10-12(4-9-15(16)25)18-17(11(2)22-20(28)24-18)19(26)23-14-7-5-13(21)6-8-14/h4-10,18,25H,3H2,1-2H3,(H,23,26)(H2,22,24,28)/t18-/m0/s1. The molecule has 0 saturated carbocycles. The molecule has 1 amide bonds. The molecule has 1 aliphatic heterocycles. The van der Waals surface area contributed by atoms with E-state index in [-0.39, 0.29) is 17.5 Å². The zero-order valence-electron chi connectivity index (χ0n) is 15.4. The molecular formula is C20H20FN3O3S. The van der Waals surface area contributed by atoms with Crippen molar-refractivity contribution < 1.29 is 19.0 Å². The lowest BCUT2D eigenvalue weighted by Crippen LogP contribution is -2.45. The first-order chi connectivity index (χ1) is 13.4. The summed E-state index contributed by atoms with van der Waals surface area (Å²) < 4.78 is 18.6. The van der Waals surface area contributed by atoms with Gasteiger partial charge in [-0.05, 0) is 68.0 Å². The van der Waals surface area contributed by atoms with Gasteiger partial charge in [0.05, 0.1) is 18.2 Å². The minimum atomic E-state index is -0.547. The molecule has 4 N–H and O–H groups in total. The van der Waals surface area contributed by atoms with E-state index in [1.807, 2.05) is 6.92 Å². The number of nitrogens with one attached hydrogen (secondary N) is 3. The van der Waals surface area contributed by atoms with Gasteiger partial charge in [-0.3, -0.25) is 4.79 Å². The van der Waals surface area contributed by atoms with Crippen LogP contribution in [-0.2, 0) is 4.79 Å². The fourth-order valence-corrected chi connectivity index (χ4v) is 3.23. The van der Waals surface area contributed by atoms with E-state index in [1.54, 1.807) is 19.1 Å². The quantitative estimate of drug-likeness (QED) is 0.575. The summed E-state index contributed by atoms with van der Waals surface area (Å²) in [5.74, 6) is -0.407. The van der Waals surface area contributed by atoms with Gasteiger partial charge in [0, 0.05) is 11.4 Å². The number of thiocarbonyl (C=S) groups is 1. The van der Waals surface area contributed by atoms with E-state index < -0.39 is 6.04 Å². The van der Waals surface area contributed by atoms with Crippen molar-refractivity contribution >= 4 is 28.9 Å². The summed E-state index contributed by atoms with van der Waals surface area (Å²) in [5, 5.41) is 19.1. The molecular weight excluding hydrogens is 381 g/mol. The van der Waals surface area contributed by atoms with Gasteiger partial charge in [0.1, 0.15) is 5.82 Å². The largest absolute Gasteiger partial charge is 0.504 e. The number of carbonyl (C=O) groups is 1. The number of hydrogen-bond acceptors (Lipinski definition) is 4. The number of benzene rings is 2. The molecule has 0 fully saturated rings. The maximum atomic E-state index is 13.1. The average molecular weight is 401 g/mol. The third kappa shape index (κ3) is 4.23. The second kappa shape index (κ2) is 8.26. The van der Waals surface area contributed by atoms with Crippen molar-refractivity contribution in [3.8, 4) is 11.5 Å². The number of halogens is 1. The lowest BCUT2D eigenvalue weighted by atomic mass is 9.94. The minimum absolute atomic E-state index is 0.0140. The van der Waals surface area contributed by atoms with Crippen molar-refractivity contribution in [1.29, 1.82) is 0 Å². The summed E-state index contributed by atoms with van der Waals surface area (Å²) in [4.78, 5) is 13.0. The zero-order valence-corrected chi connectivity index (χ0v) is 16.2. The maximum Gasteiger partial charge on any atom is 0.255 e. The Morgan fingerprint density at radius 2 is 2.00 bits per heavy atom. The molecule has 6 nitrogen and oxygen atoms in total. The Kier molecular flexibility index (Phi) is 5.79. The predicted molar refractivity (Wildman–Crippen MR) is 109 cm³/mol. The number of rotatable bonds is 5. The molecule has 2 aromatic rings. The summed E-state index contributed by atoms with van der Waals surface area (Å²) in [5.41, 5.74) is 2.19. The molecule has 3 rings (SSSR count). The Labute approximate surface area is 167 Å². The van der Waals surface area contributed by atoms with E-state index in [4.69, 9.17) is 17.0 Å². The van der Waals surface area contributed by atoms with E-state index in [0.717, 1.165) is 0 Å². The topological polar surface area (TPSA) is 82.6 Å². The molecule has 0 bridgehead atoms. The van der Waals surface area contributed by atoms with Gasteiger partial charge >= 0.3 is 0 Å². The number of carbonyl (C=O) groups excluding carboxylic acids is 1. The molecule has 1 atom stereocenters. The molecule has 0 aromatic heterocycles.